The van der Waals surface area contributed by atoms with E-state index >= 15 is 0 Å². The molecule has 0 bridgehead atoms. The number of aromatic amines is 1. The number of hydrogen-bond acceptors (Lipinski definition) is 4. The fraction of sp³-hybridized carbons (Fsp3) is 0.296. The first-order valence-corrected chi connectivity index (χ1v) is 11.6. The summed E-state index contributed by atoms with van der Waals surface area (Å²) in [6.45, 7) is 3.29. The van der Waals surface area contributed by atoms with Gasteiger partial charge in [-0.15, -0.1) is 0 Å². The fourth-order valence-electron chi connectivity index (χ4n) is 5.10. The molecule has 6 heteroatoms. The van der Waals surface area contributed by atoms with Crippen LogP contribution in [0.15, 0.2) is 77.6 Å². The van der Waals surface area contributed by atoms with Crippen molar-refractivity contribution < 1.29 is 9.47 Å². The van der Waals surface area contributed by atoms with Crippen molar-refractivity contribution in [1.82, 2.24) is 14.5 Å². The molecule has 1 N–H and O–H groups in total. The van der Waals surface area contributed by atoms with E-state index < -0.39 is 0 Å². The smallest absolute Gasteiger partial charge is 0.326 e. The molecular weight excluding hydrogens is 414 g/mol. The molecule has 1 unspecified atom stereocenters. The number of benzene rings is 3. The number of hydrogen-bond donors (Lipinski definition) is 1. The molecule has 1 saturated heterocycles. The van der Waals surface area contributed by atoms with Crippen molar-refractivity contribution in [3.05, 3.63) is 83.3 Å². The largest absolute Gasteiger partial charge is 0.486 e. The number of ether oxygens (including phenoxy) is 2. The van der Waals surface area contributed by atoms with Crippen LogP contribution in [0.4, 0.5) is 0 Å². The number of likely N-dealkylation sites (tertiary alicyclic amines) is 1. The van der Waals surface area contributed by atoms with Gasteiger partial charge >= 0.3 is 5.69 Å². The molecule has 1 aromatic heterocycles. The highest BCUT2D eigenvalue weighted by Gasteiger charge is 2.28. The van der Waals surface area contributed by atoms with Crippen LogP contribution in [0.25, 0.3) is 22.2 Å². The Balaban J connectivity index is 1.14. The lowest BCUT2D eigenvalue weighted by molar-refractivity contribution is 0.0485. The second-order valence-corrected chi connectivity index (χ2v) is 8.93. The molecule has 1 fully saturated rings. The first-order valence-electron chi connectivity index (χ1n) is 11.6. The molecule has 4 aromatic rings. The van der Waals surface area contributed by atoms with Crippen molar-refractivity contribution >= 4 is 11.0 Å². The van der Waals surface area contributed by atoms with Crippen LogP contribution in [0.2, 0.25) is 0 Å². The summed E-state index contributed by atoms with van der Waals surface area (Å²) in [5.41, 5.74) is 4.13. The highest BCUT2D eigenvalue weighted by molar-refractivity contribution is 5.82. The van der Waals surface area contributed by atoms with E-state index in [0.717, 1.165) is 66.1 Å². The van der Waals surface area contributed by atoms with Crippen LogP contribution in [0.1, 0.15) is 18.9 Å². The summed E-state index contributed by atoms with van der Waals surface area (Å²) in [5.74, 6) is 1.64. The van der Waals surface area contributed by atoms with Gasteiger partial charge in [0.2, 0.25) is 0 Å². The third-order valence-electron chi connectivity index (χ3n) is 6.78. The third-order valence-corrected chi connectivity index (χ3v) is 6.78. The van der Waals surface area contributed by atoms with Gasteiger partial charge in [0.1, 0.15) is 12.7 Å². The van der Waals surface area contributed by atoms with E-state index in [-0.39, 0.29) is 17.8 Å². The predicted molar refractivity (Wildman–Crippen MR) is 129 cm³/mol. The Bertz CT molecular complexity index is 1320. The predicted octanol–water partition coefficient (Wildman–Crippen LogP) is 4.47. The molecule has 0 amide bonds. The lowest BCUT2D eigenvalue weighted by Gasteiger charge is -2.36. The zero-order valence-electron chi connectivity index (χ0n) is 18.4. The molecule has 6 nitrogen and oxygen atoms in total. The summed E-state index contributed by atoms with van der Waals surface area (Å²) in [6, 6.07) is 24.6. The zero-order valence-corrected chi connectivity index (χ0v) is 18.4. The van der Waals surface area contributed by atoms with E-state index in [0.29, 0.717) is 6.61 Å². The van der Waals surface area contributed by atoms with E-state index in [1.54, 1.807) is 0 Å². The Kier molecular flexibility index (Phi) is 5.15. The van der Waals surface area contributed by atoms with Crippen LogP contribution in [-0.4, -0.2) is 46.8 Å². The molecule has 1 atom stereocenters. The van der Waals surface area contributed by atoms with E-state index in [1.165, 1.54) is 0 Å². The number of fused-ring (bicyclic) bond motifs is 2. The van der Waals surface area contributed by atoms with Crippen molar-refractivity contribution in [3.63, 3.8) is 0 Å². The number of para-hydroxylation sites is 2. The Morgan fingerprint density at radius 1 is 0.879 bits per heavy atom. The van der Waals surface area contributed by atoms with E-state index in [2.05, 4.69) is 40.2 Å². The van der Waals surface area contributed by atoms with Crippen molar-refractivity contribution in [2.45, 2.75) is 25.0 Å². The normalized spacial score (nSPS) is 19.1. The van der Waals surface area contributed by atoms with Gasteiger partial charge in [-0.25, -0.2) is 4.79 Å². The molecule has 33 heavy (non-hydrogen) atoms. The molecule has 0 saturated carbocycles. The van der Waals surface area contributed by atoms with Gasteiger partial charge in [-0.1, -0.05) is 48.5 Å². The second kappa shape index (κ2) is 8.45. The average Bonchev–Trinajstić information content (AvgIpc) is 3.20. The van der Waals surface area contributed by atoms with Gasteiger partial charge in [0, 0.05) is 25.7 Å². The first-order chi connectivity index (χ1) is 16.2. The maximum atomic E-state index is 12.9. The van der Waals surface area contributed by atoms with E-state index in [4.69, 9.17) is 9.47 Å². The van der Waals surface area contributed by atoms with Crippen LogP contribution in [-0.2, 0) is 0 Å². The van der Waals surface area contributed by atoms with Gasteiger partial charge in [-0.3, -0.25) is 9.47 Å². The number of rotatable bonds is 4. The van der Waals surface area contributed by atoms with Crippen LogP contribution in [0.3, 0.4) is 0 Å². The Labute approximate surface area is 192 Å². The van der Waals surface area contributed by atoms with Gasteiger partial charge < -0.3 is 14.5 Å². The van der Waals surface area contributed by atoms with Crippen LogP contribution in [0.5, 0.6) is 11.5 Å². The summed E-state index contributed by atoms with van der Waals surface area (Å²) in [6.07, 6.45) is 1.92. The van der Waals surface area contributed by atoms with Crippen molar-refractivity contribution in [3.8, 4) is 22.6 Å². The van der Waals surface area contributed by atoms with Crippen LogP contribution >= 0.6 is 0 Å². The highest BCUT2D eigenvalue weighted by Crippen LogP contribution is 2.32. The number of nitrogens with one attached hydrogen (secondary N) is 1. The van der Waals surface area contributed by atoms with Crippen molar-refractivity contribution in [1.29, 1.82) is 0 Å². The summed E-state index contributed by atoms with van der Waals surface area (Å²) in [4.78, 5) is 18.4. The number of piperidine rings is 1. The standard InChI is InChI=1S/C27H27N3O3/c31-27-28-23-16-20(19-6-2-1-3-7-19)10-11-24(23)30(27)21-12-14-29(15-13-21)17-22-18-32-25-8-4-5-9-26(25)33-22/h1-11,16,21-22H,12-15,17-18H2,(H,28,31). The maximum Gasteiger partial charge on any atom is 0.326 e. The summed E-state index contributed by atoms with van der Waals surface area (Å²) < 4.78 is 13.9. The topological polar surface area (TPSA) is 59.5 Å². The number of imidazole rings is 1. The number of nitrogens with zero attached hydrogens (tertiary/aromatic N) is 2. The Hall–Kier alpha value is -3.51. The van der Waals surface area contributed by atoms with Gasteiger partial charge in [0.05, 0.1) is 11.0 Å². The van der Waals surface area contributed by atoms with Crippen molar-refractivity contribution in [2.24, 2.45) is 0 Å². The Morgan fingerprint density at radius 2 is 1.64 bits per heavy atom. The van der Waals surface area contributed by atoms with Gasteiger partial charge in [0.25, 0.3) is 0 Å². The van der Waals surface area contributed by atoms with Gasteiger partial charge in [-0.2, -0.15) is 0 Å². The number of aromatic nitrogens is 2. The minimum Gasteiger partial charge on any atom is -0.486 e. The molecule has 2 aliphatic rings. The molecule has 0 aliphatic carbocycles. The zero-order chi connectivity index (χ0) is 22.2. The molecule has 3 heterocycles. The van der Waals surface area contributed by atoms with Crippen LogP contribution < -0.4 is 15.2 Å². The van der Waals surface area contributed by atoms with Gasteiger partial charge in [0.15, 0.2) is 11.5 Å². The van der Waals surface area contributed by atoms with E-state index in [9.17, 15) is 4.79 Å². The molecule has 0 spiro atoms. The molecule has 168 valence electrons. The quantitative estimate of drug-likeness (QED) is 0.508. The summed E-state index contributed by atoms with van der Waals surface area (Å²) in [5, 5.41) is 0. The first kappa shape index (κ1) is 20.1. The summed E-state index contributed by atoms with van der Waals surface area (Å²) in [7, 11) is 0. The van der Waals surface area contributed by atoms with Crippen molar-refractivity contribution in [2.75, 3.05) is 26.2 Å². The molecular formula is C27H27N3O3. The molecule has 3 aromatic carbocycles. The molecule has 2 aliphatic heterocycles. The van der Waals surface area contributed by atoms with Gasteiger partial charge in [-0.05, 0) is 48.2 Å². The highest BCUT2D eigenvalue weighted by atomic mass is 16.6. The Morgan fingerprint density at radius 3 is 2.45 bits per heavy atom. The van der Waals surface area contributed by atoms with E-state index in [1.807, 2.05) is 47.0 Å². The lowest BCUT2D eigenvalue weighted by Crippen LogP contribution is -2.45. The SMILES string of the molecule is O=c1[nH]c2cc(-c3ccccc3)ccc2n1C1CCN(CC2COc3ccccc3O2)CC1. The fourth-order valence-corrected chi connectivity index (χ4v) is 5.10. The second-order valence-electron chi connectivity index (χ2n) is 8.93. The number of H-pyrrole nitrogens is 1. The monoisotopic (exact) mass is 441 g/mol. The minimum absolute atomic E-state index is 0.0192. The average molecular weight is 442 g/mol. The maximum absolute atomic E-state index is 12.9. The van der Waals surface area contributed by atoms with Crippen LogP contribution in [0, 0.1) is 0 Å². The third kappa shape index (κ3) is 3.91. The molecule has 0 radical (unpaired) electrons. The lowest BCUT2D eigenvalue weighted by atomic mass is 10.0. The molecule has 6 rings (SSSR count). The summed E-state index contributed by atoms with van der Waals surface area (Å²) >= 11 is 0. The minimum atomic E-state index is -0.0192.